The van der Waals surface area contributed by atoms with Crippen LogP contribution in [0.4, 0.5) is 25.8 Å². The van der Waals surface area contributed by atoms with Gasteiger partial charge in [-0.2, -0.15) is 0 Å². The molecule has 0 atom stereocenters. The topological polar surface area (TPSA) is 47.3 Å². The van der Waals surface area contributed by atoms with Gasteiger partial charge in [0.25, 0.3) is 0 Å². The van der Waals surface area contributed by atoms with Crippen LogP contribution in [0.1, 0.15) is 12.5 Å². The molecule has 106 valence electrons. The molecular formula is C15H16F2N2O. The van der Waals surface area contributed by atoms with Crippen molar-refractivity contribution in [1.29, 1.82) is 0 Å². The maximum atomic E-state index is 13.6. The first-order valence-corrected chi connectivity index (χ1v) is 6.26. The van der Waals surface area contributed by atoms with Crippen LogP contribution in [0.25, 0.3) is 0 Å². The number of hydrogen-bond donors (Lipinski definition) is 2. The maximum Gasteiger partial charge on any atom is 0.167 e. The molecule has 0 fully saturated rings. The van der Waals surface area contributed by atoms with E-state index < -0.39 is 5.82 Å². The van der Waals surface area contributed by atoms with Crippen molar-refractivity contribution in [2.75, 3.05) is 17.7 Å². The van der Waals surface area contributed by atoms with E-state index in [0.29, 0.717) is 18.0 Å². The van der Waals surface area contributed by atoms with Gasteiger partial charge in [0.2, 0.25) is 0 Å². The molecule has 0 amide bonds. The van der Waals surface area contributed by atoms with Crippen LogP contribution in [0.5, 0.6) is 5.75 Å². The van der Waals surface area contributed by atoms with E-state index in [1.165, 1.54) is 24.3 Å². The quantitative estimate of drug-likeness (QED) is 0.831. The average molecular weight is 278 g/mol. The summed E-state index contributed by atoms with van der Waals surface area (Å²) in [6, 6.07) is 7.06. The van der Waals surface area contributed by atoms with Crippen molar-refractivity contribution in [2.24, 2.45) is 0 Å². The number of halogens is 2. The Morgan fingerprint density at radius 1 is 1.15 bits per heavy atom. The number of rotatable bonds is 4. The number of aryl methyl sites for hydroxylation is 1. The van der Waals surface area contributed by atoms with E-state index in [9.17, 15) is 8.78 Å². The molecule has 2 rings (SSSR count). The number of hydrogen-bond acceptors (Lipinski definition) is 3. The fraction of sp³-hybridized carbons (Fsp3) is 0.200. The lowest BCUT2D eigenvalue weighted by atomic mass is 10.1. The van der Waals surface area contributed by atoms with Crippen LogP contribution in [-0.4, -0.2) is 6.61 Å². The highest BCUT2D eigenvalue weighted by atomic mass is 19.1. The van der Waals surface area contributed by atoms with Gasteiger partial charge in [-0.15, -0.1) is 0 Å². The molecule has 5 heteroatoms. The summed E-state index contributed by atoms with van der Waals surface area (Å²) in [5, 5.41) is 3.06. The highest BCUT2D eigenvalue weighted by Gasteiger charge is 2.10. The summed E-state index contributed by atoms with van der Waals surface area (Å²) in [4.78, 5) is 0. The number of ether oxygens (including phenoxy) is 1. The Morgan fingerprint density at radius 2 is 1.90 bits per heavy atom. The van der Waals surface area contributed by atoms with Crippen LogP contribution in [0.15, 0.2) is 30.3 Å². The van der Waals surface area contributed by atoms with Gasteiger partial charge in [-0.05, 0) is 37.6 Å². The molecule has 0 unspecified atom stereocenters. The summed E-state index contributed by atoms with van der Waals surface area (Å²) >= 11 is 0. The Labute approximate surface area is 116 Å². The van der Waals surface area contributed by atoms with Gasteiger partial charge < -0.3 is 15.8 Å². The number of nitrogens with two attached hydrogens (primary N) is 1. The Kier molecular flexibility index (Phi) is 4.08. The third kappa shape index (κ3) is 2.99. The monoisotopic (exact) mass is 278 g/mol. The van der Waals surface area contributed by atoms with Crippen LogP contribution in [0.2, 0.25) is 0 Å². The maximum absolute atomic E-state index is 13.6. The molecule has 0 saturated carbocycles. The summed E-state index contributed by atoms with van der Waals surface area (Å²) in [6.45, 7) is 3.90. The van der Waals surface area contributed by atoms with E-state index in [0.717, 1.165) is 5.56 Å². The van der Waals surface area contributed by atoms with Crippen molar-refractivity contribution in [3.05, 3.63) is 47.5 Å². The van der Waals surface area contributed by atoms with E-state index in [4.69, 9.17) is 10.5 Å². The predicted octanol–water partition coefficient (Wildman–Crippen LogP) is 4.00. The summed E-state index contributed by atoms with van der Waals surface area (Å²) in [7, 11) is 0. The third-order valence-corrected chi connectivity index (χ3v) is 2.86. The zero-order chi connectivity index (χ0) is 14.7. The fourth-order valence-corrected chi connectivity index (χ4v) is 1.86. The molecule has 2 aromatic rings. The lowest BCUT2D eigenvalue weighted by Crippen LogP contribution is -2.02. The van der Waals surface area contributed by atoms with Crippen molar-refractivity contribution in [2.45, 2.75) is 13.8 Å². The minimum atomic E-state index is -0.509. The van der Waals surface area contributed by atoms with Crippen molar-refractivity contribution >= 4 is 17.1 Å². The van der Waals surface area contributed by atoms with Crippen molar-refractivity contribution in [3.63, 3.8) is 0 Å². The second-order valence-corrected chi connectivity index (χ2v) is 4.39. The van der Waals surface area contributed by atoms with Gasteiger partial charge in [-0.25, -0.2) is 8.78 Å². The molecule has 3 N–H and O–H groups in total. The molecule has 0 radical (unpaired) electrons. The molecule has 20 heavy (non-hydrogen) atoms. The van der Waals surface area contributed by atoms with E-state index in [-0.39, 0.29) is 17.3 Å². The summed E-state index contributed by atoms with van der Waals surface area (Å²) in [5.74, 6) is -0.690. The Bertz CT molecular complexity index is 630. The molecule has 0 aliphatic carbocycles. The van der Waals surface area contributed by atoms with Crippen molar-refractivity contribution in [3.8, 4) is 5.75 Å². The van der Waals surface area contributed by atoms with Gasteiger partial charge in [-0.1, -0.05) is 0 Å². The number of nitrogens with one attached hydrogen (secondary N) is 1. The first-order valence-electron chi connectivity index (χ1n) is 6.26. The lowest BCUT2D eigenvalue weighted by molar-refractivity contribution is 0.322. The first kappa shape index (κ1) is 14.1. The number of nitrogen functional groups attached to an aromatic ring is 1. The van der Waals surface area contributed by atoms with E-state index in [2.05, 4.69) is 5.32 Å². The average Bonchev–Trinajstić information content (AvgIpc) is 2.38. The zero-order valence-corrected chi connectivity index (χ0v) is 11.3. The molecule has 0 aromatic heterocycles. The molecule has 0 aliphatic heterocycles. The zero-order valence-electron chi connectivity index (χ0n) is 11.3. The van der Waals surface area contributed by atoms with Gasteiger partial charge in [-0.3, -0.25) is 0 Å². The molecule has 0 bridgehead atoms. The Morgan fingerprint density at radius 3 is 2.55 bits per heavy atom. The normalized spacial score (nSPS) is 10.4. The van der Waals surface area contributed by atoms with Gasteiger partial charge in [0.1, 0.15) is 5.82 Å². The smallest absolute Gasteiger partial charge is 0.167 e. The van der Waals surface area contributed by atoms with Gasteiger partial charge in [0.05, 0.1) is 18.0 Å². The highest BCUT2D eigenvalue weighted by Crippen LogP contribution is 2.31. The van der Waals surface area contributed by atoms with Gasteiger partial charge in [0, 0.05) is 17.8 Å². The van der Waals surface area contributed by atoms with Crippen molar-refractivity contribution in [1.82, 2.24) is 0 Å². The minimum absolute atomic E-state index is 0.129. The van der Waals surface area contributed by atoms with Gasteiger partial charge >= 0.3 is 0 Å². The molecule has 0 heterocycles. The molecule has 0 spiro atoms. The Hall–Kier alpha value is -2.30. The molecule has 2 aromatic carbocycles. The highest BCUT2D eigenvalue weighted by molar-refractivity contribution is 5.75. The molecule has 3 nitrogen and oxygen atoms in total. The second kappa shape index (κ2) is 5.77. The first-order chi connectivity index (χ1) is 9.51. The van der Waals surface area contributed by atoms with Crippen LogP contribution < -0.4 is 15.8 Å². The van der Waals surface area contributed by atoms with Crippen LogP contribution in [0, 0.1) is 18.6 Å². The lowest BCUT2D eigenvalue weighted by Gasteiger charge is -2.14. The standard InChI is InChI=1S/C15H16F2N2O/c1-3-20-15-8-14(12(18)7-11(15)17)19-13-5-4-10(16)6-9(13)2/h4-8,19H,3,18H2,1-2H3. The molecule has 0 saturated heterocycles. The van der Waals surface area contributed by atoms with Crippen LogP contribution >= 0.6 is 0 Å². The number of anilines is 3. The van der Waals surface area contributed by atoms with Crippen LogP contribution in [0.3, 0.4) is 0 Å². The van der Waals surface area contributed by atoms with E-state index in [1.807, 2.05) is 0 Å². The van der Waals surface area contributed by atoms with Gasteiger partial charge in [0.15, 0.2) is 11.6 Å². The second-order valence-electron chi connectivity index (χ2n) is 4.39. The van der Waals surface area contributed by atoms with Crippen molar-refractivity contribution < 1.29 is 13.5 Å². The number of benzene rings is 2. The van der Waals surface area contributed by atoms with E-state index in [1.54, 1.807) is 19.9 Å². The third-order valence-electron chi connectivity index (χ3n) is 2.86. The predicted molar refractivity (Wildman–Crippen MR) is 76.4 cm³/mol. The SMILES string of the molecule is CCOc1cc(Nc2ccc(F)cc2C)c(N)cc1F. The summed E-state index contributed by atoms with van der Waals surface area (Å²) in [6.07, 6.45) is 0. The summed E-state index contributed by atoms with van der Waals surface area (Å²) in [5.41, 5.74) is 7.99. The largest absolute Gasteiger partial charge is 0.491 e. The van der Waals surface area contributed by atoms with E-state index >= 15 is 0 Å². The minimum Gasteiger partial charge on any atom is -0.491 e. The molecule has 0 aliphatic rings. The van der Waals surface area contributed by atoms with Crippen LogP contribution in [-0.2, 0) is 0 Å². The molecular weight excluding hydrogens is 262 g/mol. The summed E-state index contributed by atoms with van der Waals surface area (Å²) < 4.78 is 31.9. The fourth-order valence-electron chi connectivity index (χ4n) is 1.86. The Balaban J connectivity index is 2.35.